The lowest BCUT2D eigenvalue weighted by Gasteiger charge is -2.41. The molecule has 2 rings (SSSR count). The normalized spacial score (nSPS) is 27.6. The van der Waals surface area contributed by atoms with E-state index in [1.807, 2.05) is 31.1 Å². The van der Waals surface area contributed by atoms with Crippen LogP contribution >= 0.6 is 11.8 Å². The van der Waals surface area contributed by atoms with Crippen LogP contribution in [0.1, 0.15) is 45.6 Å². The molecule has 1 aliphatic rings. The van der Waals surface area contributed by atoms with Crippen molar-refractivity contribution in [1.82, 2.24) is 9.97 Å². The van der Waals surface area contributed by atoms with Crippen LogP contribution in [0.15, 0.2) is 17.6 Å². The molecule has 1 fully saturated rings. The summed E-state index contributed by atoms with van der Waals surface area (Å²) in [7, 11) is 0. The number of aromatic nitrogens is 2. The zero-order valence-corrected chi connectivity index (χ0v) is 13.9. The number of hydrogen-bond acceptors (Lipinski definition) is 4. The molecular formula is C16H27N3S. The summed E-state index contributed by atoms with van der Waals surface area (Å²) in [6.45, 7) is 9.85. The molecule has 1 aromatic heterocycles. The lowest BCUT2D eigenvalue weighted by atomic mass is 9.69. The molecule has 0 amide bonds. The predicted molar refractivity (Wildman–Crippen MR) is 85.8 cm³/mol. The minimum Gasteiger partial charge on any atom is -0.330 e. The first-order valence-corrected chi connectivity index (χ1v) is 8.43. The first-order chi connectivity index (χ1) is 9.40. The fraction of sp³-hybridized carbons (Fsp3) is 0.750. The van der Waals surface area contributed by atoms with Crippen LogP contribution in [0.3, 0.4) is 0 Å². The highest BCUT2D eigenvalue weighted by Crippen LogP contribution is 2.44. The Kier molecular flexibility index (Phi) is 5.08. The van der Waals surface area contributed by atoms with E-state index in [1.165, 1.54) is 19.3 Å². The van der Waals surface area contributed by atoms with Crippen LogP contribution in [0.2, 0.25) is 0 Å². The topological polar surface area (TPSA) is 51.8 Å². The van der Waals surface area contributed by atoms with Crippen molar-refractivity contribution in [2.24, 2.45) is 23.0 Å². The molecule has 0 spiro atoms. The Labute approximate surface area is 127 Å². The molecule has 3 nitrogen and oxygen atoms in total. The maximum Gasteiger partial charge on any atom is 0.187 e. The molecule has 0 aliphatic heterocycles. The Bertz CT molecular complexity index is 424. The molecule has 0 aromatic carbocycles. The number of rotatable bonds is 3. The van der Waals surface area contributed by atoms with Gasteiger partial charge in [-0.05, 0) is 55.5 Å². The van der Waals surface area contributed by atoms with Crippen molar-refractivity contribution in [3.8, 4) is 0 Å². The monoisotopic (exact) mass is 293 g/mol. The molecule has 4 heteroatoms. The number of thioether (sulfide) groups is 1. The maximum atomic E-state index is 5.97. The summed E-state index contributed by atoms with van der Waals surface area (Å²) >= 11 is 1.82. The lowest BCUT2D eigenvalue weighted by molar-refractivity contribution is 0.157. The molecule has 2 N–H and O–H groups in total. The number of aryl methyl sites for hydroxylation is 1. The molecule has 0 saturated heterocycles. The summed E-state index contributed by atoms with van der Waals surface area (Å²) < 4.78 is 0. The second kappa shape index (κ2) is 6.44. The van der Waals surface area contributed by atoms with Gasteiger partial charge in [0.25, 0.3) is 0 Å². The predicted octanol–water partition coefficient (Wildman–Crippen LogP) is 3.67. The van der Waals surface area contributed by atoms with E-state index in [0.29, 0.717) is 16.6 Å². The van der Waals surface area contributed by atoms with Gasteiger partial charge in [0.15, 0.2) is 5.16 Å². The zero-order chi connectivity index (χ0) is 14.8. The van der Waals surface area contributed by atoms with Gasteiger partial charge in [-0.2, -0.15) is 0 Å². The van der Waals surface area contributed by atoms with Gasteiger partial charge in [0.05, 0.1) is 0 Å². The fourth-order valence-corrected chi connectivity index (χ4v) is 4.24. The Morgan fingerprint density at radius 2 is 1.90 bits per heavy atom. The molecule has 0 bridgehead atoms. The van der Waals surface area contributed by atoms with Crippen molar-refractivity contribution in [3.63, 3.8) is 0 Å². The summed E-state index contributed by atoms with van der Waals surface area (Å²) in [5.41, 5.74) is 7.47. The Hall–Kier alpha value is -0.610. The highest BCUT2D eigenvalue weighted by Gasteiger charge is 2.36. The van der Waals surface area contributed by atoms with Crippen LogP contribution in [-0.2, 0) is 0 Å². The third-order valence-corrected chi connectivity index (χ3v) is 5.77. The van der Waals surface area contributed by atoms with Crippen molar-refractivity contribution in [1.29, 1.82) is 0 Å². The van der Waals surface area contributed by atoms with Crippen molar-refractivity contribution >= 4 is 11.8 Å². The first-order valence-electron chi connectivity index (χ1n) is 7.55. The average molecular weight is 293 g/mol. The van der Waals surface area contributed by atoms with Crippen molar-refractivity contribution < 1.29 is 0 Å². The van der Waals surface area contributed by atoms with Crippen LogP contribution in [-0.4, -0.2) is 21.8 Å². The van der Waals surface area contributed by atoms with Gasteiger partial charge in [-0.1, -0.05) is 32.5 Å². The van der Waals surface area contributed by atoms with Crippen LogP contribution in [0.25, 0.3) is 0 Å². The van der Waals surface area contributed by atoms with E-state index in [-0.39, 0.29) is 0 Å². The average Bonchev–Trinajstić information content (AvgIpc) is 2.40. The van der Waals surface area contributed by atoms with Gasteiger partial charge in [-0.3, -0.25) is 0 Å². The van der Waals surface area contributed by atoms with Crippen molar-refractivity contribution in [2.45, 2.75) is 57.4 Å². The van der Waals surface area contributed by atoms with E-state index < -0.39 is 0 Å². The smallest absolute Gasteiger partial charge is 0.187 e. The minimum absolute atomic E-state index is 0.381. The number of hydrogen-bond donors (Lipinski definition) is 1. The van der Waals surface area contributed by atoms with E-state index in [2.05, 4.69) is 30.7 Å². The lowest BCUT2D eigenvalue weighted by Crippen LogP contribution is -2.36. The highest BCUT2D eigenvalue weighted by atomic mass is 32.2. The third kappa shape index (κ3) is 3.95. The molecule has 3 unspecified atom stereocenters. The molecule has 1 saturated carbocycles. The van der Waals surface area contributed by atoms with E-state index in [1.54, 1.807) is 0 Å². The van der Waals surface area contributed by atoms with E-state index >= 15 is 0 Å². The number of nitrogens with zero attached hydrogens (tertiary/aromatic N) is 2. The van der Waals surface area contributed by atoms with Gasteiger partial charge in [-0.25, -0.2) is 9.97 Å². The van der Waals surface area contributed by atoms with Gasteiger partial charge in [0.2, 0.25) is 0 Å². The standard InChI is InChI=1S/C16H27N3S/c1-11-9-18-15(19-10-11)20-14-7-13(16(2,3)4)6-5-12(14)8-17/h9-10,12-14H,5-8,17H2,1-4H3. The molecule has 1 heterocycles. The zero-order valence-electron chi connectivity index (χ0n) is 13.1. The Balaban J connectivity index is 2.07. The molecule has 20 heavy (non-hydrogen) atoms. The van der Waals surface area contributed by atoms with Crippen LogP contribution in [0.5, 0.6) is 0 Å². The largest absolute Gasteiger partial charge is 0.330 e. The second-order valence-electron chi connectivity index (χ2n) is 7.07. The van der Waals surface area contributed by atoms with E-state index in [9.17, 15) is 0 Å². The van der Waals surface area contributed by atoms with E-state index in [4.69, 9.17) is 5.73 Å². The molecular weight excluding hydrogens is 266 g/mol. The molecule has 3 atom stereocenters. The highest BCUT2D eigenvalue weighted by molar-refractivity contribution is 7.99. The molecule has 112 valence electrons. The van der Waals surface area contributed by atoms with Gasteiger partial charge in [0.1, 0.15) is 0 Å². The minimum atomic E-state index is 0.381. The van der Waals surface area contributed by atoms with E-state index in [0.717, 1.165) is 23.2 Å². The number of nitrogens with two attached hydrogens (primary N) is 1. The third-order valence-electron chi connectivity index (χ3n) is 4.47. The summed E-state index contributed by atoms with van der Waals surface area (Å²) in [4.78, 5) is 8.88. The van der Waals surface area contributed by atoms with Crippen LogP contribution < -0.4 is 5.73 Å². The second-order valence-corrected chi connectivity index (χ2v) is 8.28. The van der Waals surface area contributed by atoms with Crippen LogP contribution in [0, 0.1) is 24.2 Å². The summed E-state index contributed by atoms with van der Waals surface area (Å²) in [6, 6.07) is 0. The van der Waals surface area contributed by atoms with Crippen molar-refractivity contribution in [2.75, 3.05) is 6.54 Å². The SMILES string of the molecule is Cc1cnc(SC2CC(C(C)(C)C)CCC2CN)nc1. The Morgan fingerprint density at radius 1 is 1.25 bits per heavy atom. The van der Waals surface area contributed by atoms with Crippen molar-refractivity contribution in [3.05, 3.63) is 18.0 Å². The van der Waals surface area contributed by atoms with Gasteiger partial charge < -0.3 is 5.73 Å². The van der Waals surface area contributed by atoms with Gasteiger partial charge >= 0.3 is 0 Å². The first kappa shape index (κ1) is 15.8. The van der Waals surface area contributed by atoms with Gasteiger partial charge in [0, 0.05) is 17.6 Å². The maximum absolute atomic E-state index is 5.97. The molecule has 1 aliphatic carbocycles. The summed E-state index contributed by atoms with van der Waals surface area (Å²) in [5, 5.41) is 1.45. The summed E-state index contributed by atoms with van der Waals surface area (Å²) in [5.74, 6) is 1.37. The quantitative estimate of drug-likeness (QED) is 0.864. The molecule has 0 radical (unpaired) electrons. The summed E-state index contributed by atoms with van der Waals surface area (Å²) in [6.07, 6.45) is 7.57. The van der Waals surface area contributed by atoms with Gasteiger partial charge in [-0.15, -0.1) is 0 Å². The van der Waals surface area contributed by atoms with Crippen LogP contribution in [0.4, 0.5) is 0 Å². The Morgan fingerprint density at radius 3 is 2.45 bits per heavy atom. The molecule has 1 aromatic rings. The fourth-order valence-electron chi connectivity index (χ4n) is 2.97.